The largest absolute Gasteiger partial charge is 0.388 e. The Balaban J connectivity index is 3.86. The molecule has 0 saturated heterocycles. The van der Waals surface area contributed by atoms with E-state index in [0.29, 0.717) is 12.3 Å². The molecule has 0 aliphatic carbocycles. The molecule has 0 aliphatic heterocycles. The van der Waals surface area contributed by atoms with Crippen LogP contribution >= 0.6 is 11.8 Å². The Labute approximate surface area is 109 Å². The fourth-order valence-electron chi connectivity index (χ4n) is 1.32. The Morgan fingerprint density at radius 3 is 2.41 bits per heavy atom. The van der Waals surface area contributed by atoms with Gasteiger partial charge >= 0.3 is 0 Å². The molecule has 3 N–H and O–H groups in total. The van der Waals surface area contributed by atoms with Gasteiger partial charge in [0.25, 0.3) is 0 Å². The lowest BCUT2D eigenvalue weighted by molar-refractivity contribution is -0.121. The Kier molecular flexibility index (Phi) is 7.13. The third-order valence-electron chi connectivity index (χ3n) is 2.61. The van der Waals surface area contributed by atoms with E-state index < -0.39 is 5.60 Å². The van der Waals surface area contributed by atoms with Gasteiger partial charge in [0.15, 0.2) is 0 Å². The molecule has 5 heteroatoms. The van der Waals surface area contributed by atoms with Gasteiger partial charge in [-0.25, -0.2) is 0 Å². The average molecular weight is 262 g/mol. The molecule has 0 rings (SSSR count). The van der Waals surface area contributed by atoms with E-state index in [2.05, 4.69) is 10.6 Å². The summed E-state index contributed by atoms with van der Waals surface area (Å²) < 4.78 is 0. The minimum absolute atomic E-state index is 0.0307. The van der Waals surface area contributed by atoms with E-state index in [9.17, 15) is 9.90 Å². The highest BCUT2D eigenvalue weighted by Crippen LogP contribution is 2.09. The smallest absolute Gasteiger partial charge is 0.234 e. The zero-order chi connectivity index (χ0) is 13.5. The molecule has 0 aromatic carbocycles. The van der Waals surface area contributed by atoms with E-state index in [1.807, 2.05) is 27.0 Å². The van der Waals surface area contributed by atoms with Crippen LogP contribution in [-0.4, -0.2) is 47.3 Å². The van der Waals surface area contributed by atoms with Gasteiger partial charge in [0.1, 0.15) is 0 Å². The molecule has 1 amide bonds. The third-order valence-corrected chi connectivity index (χ3v) is 3.52. The number of carbonyl (C=O) groups is 1. The van der Waals surface area contributed by atoms with Crippen LogP contribution in [0.2, 0.25) is 0 Å². The summed E-state index contributed by atoms with van der Waals surface area (Å²) in [6.07, 6.45) is 2.84. The van der Waals surface area contributed by atoms with Crippen molar-refractivity contribution in [2.45, 2.75) is 45.3 Å². The van der Waals surface area contributed by atoms with Crippen molar-refractivity contribution in [1.82, 2.24) is 10.6 Å². The standard InChI is InChI=1S/C12H26N2O2S/c1-6-11(2,3)14-10(15)7-13-8-12(4,16)9-17-5/h13,16H,6-9H2,1-5H3,(H,14,15). The van der Waals surface area contributed by atoms with E-state index in [-0.39, 0.29) is 18.0 Å². The van der Waals surface area contributed by atoms with Gasteiger partial charge in [0.2, 0.25) is 5.91 Å². The van der Waals surface area contributed by atoms with Gasteiger partial charge in [-0.05, 0) is 33.4 Å². The van der Waals surface area contributed by atoms with Gasteiger partial charge < -0.3 is 15.7 Å². The summed E-state index contributed by atoms with van der Waals surface area (Å²) in [4.78, 5) is 11.6. The van der Waals surface area contributed by atoms with E-state index in [1.165, 1.54) is 0 Å². The first-order chi connectivity index (χ1) is 7.72. The van der Waals surface area contributed by atoms with Crippen LogP contribution in [0.5, 0.6) is 0 Å². The van der Waals surface area contributed by atoms with Crippen molar-refractivity contribution in [3.05, 3.63) is 0 Å². The summed E-state index contributed by atoms with van der Waals surface area (Å²) in [7, 11) is 0. The van der Waals surface area contributed by atoms with Crippen LogP contribution in [0.15, 0.2) is 0 Å². The highest BCUT2D eigenvalue weighted by atomic mass is 32.2. The molecule has 0 aromatic heterocycles. The predicted octanol–water partition coefficient (Wildman–Crippen LogP) is 0.995. The van der Waals surface area contributed by atoms with Crippen molar-refractivity contribution in [2.75, 3.05) is 25.1 Å². The molecule has 1 unspecified atom stereocenters. The second-order valence-corrected chi connectivity index (χ2v) is 6.19. The number of nitrogens with one attached hydrogen (secondary N) is 2. The van der Waals surface area contributed by atoms with Gasteiger partial charge in [0, 0.05) is 17.8 Å². The number of hydrogen-bond acceptors (Lipinski definition) is 4. The van der Waals surface area contributed by atoms with Gasteiger partial charge in [0.05, 0.1) is 12.1 Å². The Morgan fingerprint density at radius 2 is 1.94 bits per heavy atom. The minimum atomic E-state index is -0.764. The fraction of sp³-hybridized carbons (Fsp3) is 0.917. The quantitative estimate of drug-likeness (QED) is 0.610. The maximum Gasteiger partial charge on any atom is 0.234 e. The predicted molar refractivity (Wildman–Crippen MR) is 74.4 cm³/mol. The van der Waals surface area contributed by atoms with E-state index in [1.54, 1.807) is 18.7 Å². The van der Waals surface area contributed by atoms with Crippen LogP contribution in [0.4, 0.5) is 0 Å². The lowest BCUT2D eigenvalue weighted by Crippen LogP contribution is -2.49. The van der Waals surface area contributed by atoms with Crippen molar-refractivity contribution in [2.24, 2.45) is 0 Å². The Bertz CT molecular complexity index is 243. The summed E-state index contributed by atoms with van der Waals surface area (Å²) in [6.45, 7) is 8.46. The van der Waals surface area contributed by atoms with Gasteiger partial charge in [-0.3, -0.25) is 4.79 Å². The van der Waals surface area contributed by atoms with E-state index in [0.717, 1.165) is 6.42 Å². The molecule has 0 aromatic rings. The Hall–Kier alpha value is -0.260. The zero-order valence-electron chi connectivity index (χ0n) is 11.6. The summed E-state index contributed by atoms with van der Waals surface area (Å²) in [6, 6.07) is 0. The molecule has 0 heterocycles. The van der Waals surface area contributed by atoms with Crippen molar-refractivity contribution < 1.29 is 9.90 Å². The molecule has 17 heavy (non-hydrogen) atoms. The molecular weight excluding hydrogens is 236 g/mol. The van der Waals surface area contributed by atoms with Crippen LogP contribution in [-0.2, 0) is 4.79 Å². The van der Waals surface area contributed by atoms with Gasteiger partial charge in [-0.1, -0.05) is 6.92 Å². The van der Waals surface area contributed by atoms with Gasteiger partial charge in [-0.2, -0.15) is 11.8 Å². The lowest BCUT2D eigenvalue weighted by Gasteiger charge is -2.26. The van der Waals surface area contributed by atoms with Crippen molar-refractivity contribution in [3.8, 4) is 0 Å². The normalized spacial score (nSPS) is 15.4. The minimum Gasteiger partial charge on any atom is -0.388 e. The summed E-state index contributed by atoms with van der Waals surface area (Å²) >= 11 is 1.59. The summed E-state index contributed by atoms with van der Waals surface area (Å²) in [5.74, 6) is 0.624. The first-order valence-corrected chi connectivity index (χ1v) is 7.35. The summed E-state index contributed by atoms with van der Waals surface area (Å²) in [5, 5.41) is 15.8. The van der Waals surface area contributed by atoms with Crippen molar-refractivity contribution >= 4 is 17.7 Å². The van der Waals surface area contributed by atoms with E-state index >= 15 is 0 Å². The Morgan fingerprint density at radius 1 is 1.35 bits per heavy atom. The van der Waals surface area contributed by atoms with E-state index in [4.69, 9.17) is 0 Å². The van der Waals surface area contributed by atoms with Crippen LogP contribution in [0.1, 0.15) is 34.1 Å². The molecule has 102 valence electrons. The first kappa shape index (κ1) is 16.7. The highest BCUT2D eigenvalue weighted by molar-refractivity contribution is 7.98. The molecule has 4 nitrogen and oxygen atoms in total. The molecule has 1 atom stereocenters. The van der Waals surface area contributed by atoms with Crippen LogP contribution in [0.25, 0.3) is 0 Å². The monoisotopic (exact) mass is 262 g/mol. The highest BCUT2D eigenvalue weighted by Gasteiger charge is 2.21. The summed E-state index contributed by atoms with van der Waals surface area (Å²) in [5.41, 5.74) is -0.930. The maximum absolute atomic E-state index is 11.6. The second kappa shape index (κ2) is 7.24. The molecular formula is C12H26N2O2S. The average Bonchev–Trinajstić information content (AvgIpc) is 2.16. The number of carbonyl (C=O) groups excluding carboxylic acids is 1. The molecule has 0 fully saturated rings. The van der Waals surface area contributed by atoms with Crippen molar-refractivity contribution in [1.29, 1.82) is 0 Å². The molecule has 0 bridgehead atoms. The molecule has 0 saturated carbocycles. The molecule has 0 radical (unpaired) electrons. The van der Waals surface area contributed by atoms with Crippen LogP contribution < -0.4 is 10.6 Å². The van der Waals surface area contributed by atoms with Crippen LogP contribution in [0.3, 0.4) is 0 Å². The number of thioether (sulfide) groups is 1. The maximum atomic E-state index is 11.6. The SMILES string of the molecule is CCC(C)(C)NC(=O)CNCC(C)(O)CSC. The number of rotatable bonds is 8. The van der Waals surface area contributed by atoms with Crippen LogP contribution in [0, 0.1) is 0 Å². The fourth-order valence-corrected chi connectivity index (χ4v) is 2.04. The molecule has 0 spiro atoms. The number of hydrogen-bond donors (Lipinski definition) is 3. The van der Waals surface area contributed by atoms with Crippen molar-refractivity contribution in [3.63, 3.8) is 0 Å². The zero-order valence-corrected chi connectivity index (χ0v) is 12.4. The number of amides is 1. The number of aliphatic hydroxyl groups is 1. The second-order valence-electron chi connectivity index (χ2n) is 5.32. The first-order valence-electron chi connectivity index (χ1n) is 5.95. The lowest BCUT2D eigenvalue weighted by atomic mass is 10.0. The van der Waals surface area contributed by atoms with Gasteiger partial charge in [-0.15, -0.1) is 0 Å². The third kappa shape index (κ3) is 8.46. The molecule has 0 aliphatic rings. The topological polar surface area (TPSA) is 61.4 Å².